The molecule has 0 spiro atoms. The van der Waals surface area contributed by atoms with Gasteiger partial charge in [-0.3, -0.25) is 9.59 Å². The van der Waals surface area contributed by atoms with Crippen LogP contribution in [0.2, 0.25) is 0 Å². The van der Waals surface area contributed by atoms with Gasteiger partial charge in [0.1, 0.15) is 6.04 Å². The van der Waals surface area contributed by atoms with Gasteiger partial charge in [0.25, 0.3) is 5.91 Å². The van der Waals surface area contributed by atoms with Crippen LogP contribution in [0.25, 0.3) is 0 Å². The second-order valence-electron chi connectivity index (χ2n) is 5.91. The van der Waals surface area contributed by atoms with Crippen molar-refractivity contribution in [2.45, 2.75) is 24.8 Å². The number of rotatable bonds is 5. The van der Waals surface area contributed by atoms with Gasteiger partial charge < -0.3 is 11.1 Å². The van der Waals surface area contributed by atoms with Crippen LogP contribution in [0, 0.1) is 0 Å². The first-order valence-corrected chi connectivity index (χ1v) is 7.81. The minimum atomic E-state index is -4.65. The molecular weight excluding hydrogens is 390 g/mol. The highest BCUT2D eigenvalue weighted by Gasteiger charge is 2.32. The summed E-state index contributed by atoms with van der Waals surface area (Å²) in [6.07, 6.45) is -9.41. The topological polar surface area (TPSA) is 72.2 Å². The number of hydrogen-bond acceptors (Lipinski definition) is 2. The number of amides is 2. The Morgan fingerprint density at radius 2 is 1.46 bits per heavy atom. The maximum absolute atomic E-state index is 12.7. The average Bonchev–Trinajstić information content (AvgIpc) is 2.60. The van der Waals surface area contributed by atoms with Gasteiger partial charge in [-0.25, -0.2) is 0 Å². The Kier molecular flexibility index (Phi) is 6.01. The first kappa shape index (κ1) is 21.3. The van der Waals surface area contributed by atoms with Crippen LogP contribution < -0.4 is 11.1 Å². The van der Waals surface area contributed by atoms with Gasteiger partial charge in [-0.1, -0.05) is 18.2 Å². The quantitative estimate of drug-likeness (QED) is 0.749. The van der Waals surface area contributed by atoms with Crippen molar-refractivity contribution in [1.82, 2.24) is 5.32 Å². The molecule has 150 valence electrons. The summed E-state index contributed by atoms with van der Waals surface area (Å²) in [7, 11) is 0. The van der Waals surface area contributed by atoms with E-state index in [-0.39, 0.29) is 17.5 Å². The lowest BCUT2D eigenvalue weighted by Crippen LogP contribution is -2.45. The van der Waals surface area contributed by atoms with Gasteiger partial charge in [0, 0.05) is 12.0 Å². The summed E-state index contributed by atoms with van der Waals surface area (Å²) < 4.78 is 75.9. The molecular formula is C18H14F6N2O2. The molecule has 2 rings (SSSR count). The molecule has 0 saturated heterocycles. The van der Waals surface area contributed by atoms with Gasteiger partial charge in [0.2, 0.25) is 5.91 Å². The van der Waals surface area contributed by atoms with Crippen LogP contribution >= 0.6 is 0 Å². The van der Waals surface area contributed by atoms with Crippen LogP contribution in [0.1, 0.15) is 27.0 Å². The molecule has 3 N–H and O–H groups in total. The van der Waals surface area contributed by atoms with E-state index in [9.17, 15) is 35.9 Å². The highest BCUT2D eigenvalue weighted by Crippen LogP contribution is 2.30. The molecule has 0 aliphatic rings. The third-order valence-electron chi connectivity index (χ3n) is 3.82. The number of alkyl halides is 6. The van der Waals surface area contributed by atoms with Crippen molar-refractivity contribution in [3.63, 3.8) is 0 Å². The Morgan fingerprint density at radius 1 is 0.893 bits per heavy atom. The van der Waals surface area contributed by atoms with E-state index >= 15 is 0 Å². The standard InChI is InChI=1S/C18H14F6N2O2/c19-17(20,21)12-6-4-10(5-7-12)8-14(15(25)27)26-16(28)11-2-1-3-13(9-11)18(22,23)24/h1-7,9,14H,8H2,(H2,25,27)(H,26,28)/t14-/m0/s1. The number of primary amides is 1. The van der Waals surface area contributed by atoms with Crippen LogP contribution in [0.5, 0.6) is 0 Å². The van der Waals surface area contributed by atoms with E-state index in [1.807, 2.05) is 0 Å². The lowest BCUT2D eigenvalue weighted by molar-refractivity contribution is -0.138. The second-order valence-corrected chi connectivity index (χ2v) is 5.91. The normalized spacial score (nSPS) is 13.1. The van der Waals surface area contributed by atoms with E-state index in [0.29, 0.717) is 6.07 Å². The Morgan fingerprint density at radius 3 is 1.96 bits per heavy atom. The van der Waals surface area contributed by atoms with Crippen molar-refractivity contribution in [2.75, 3.05) is 0 Å². The predicted molar refractivity (Wildman–Crippen MR) is 87.0 cm³/mol. The molecule has 10 heteroatoms. The summed E-state index contributed by atoms with van der Waals surface area (Å²) in [6.45, 7) is 0. The van der Waals surface area contributed by atoms with Crippen LogP contribution in [-0.2, 0) is 23.6 Å². The molecule has 0 saturated carbocycles. The SMILES string of the molecule is NC(=O)[C@H](Cc1ccc(C(F)(F)F)cc1)NC(=O)c1cccc(C(F)(F)F)c1. The van der Waals surface area contributed by atoms with E-state index in [0.717, 1.165) is 42.5 Å². The molecule has 0 aliphatic carbocycles. The lowest BCUT2D eigenvalue weighted by Gasteiger charge is -2.17. The van der Waals surface area contributed by atoms with Crippen molar-refractivity contribution in [3.05, 3.63) is 70.8 Å². The van der Waals surface area contributed by atoms with Crippen molar-refractivity contribution >= 4 is 11.8 Å². The summed E-state index contributed by atoms with van der Waals surface area (Å²) in [4.78, 5) is 23.8. The lowest BCUT2D eigenvalue weighted by atomic mass is 10.0. The molecule has 2 aromatic carbocycles. The maximum atomic E-state index is 12.7. The zero-order chi connectivity index (χ0) is 21.1. The smallest absolute Gasteiger partial charge is 0.368 e. The summed E-state index contributed by atoms with van der Waals surface area (Å²) in [6, 6.07) is 6.09. The molecule has 2 aromatic rings. The fourth-order valence-corrected chi connectivity index (χ4v) is 2.37. The number of nitrogens with one attached hydrogen (secondary N) is 1. The van der Waals surface area contributed by atoms with E-state index < -0.39 is 41.3 Å². The maximum Gasteiger partial charge on any atom is 0.416 e. The summed E-state index contributed by atoms with van der Waals surface area (Å²) >= 11 is 0. The molecule has 0 fully saturated rings. The molecule has 0 aromatic heterocycles. The van der Waals surface area contributed by atoms with Gasteiger partial charge in [-0.15, -0.1) is 0 Å². The molecule has 4 nitrogen and oxygen atoms in total. The van der Waals surface area contributed by atoms with Crippen molar-refractivity contribution in [3.8, 4) is 0 Å². The molecule has 0 heterocycles. The zero-order valence-electron chi connectivity index (χ0n) is 14.1. The number of benzene rings is 2. The van der Waals surface area contributed by atoms with Crippen LogP contribution in [-0.4, -0.2) is 17.9 Å². The first-order valence-electron chi connectivity index (χ1n) is 7.81. The molecule has 0 aliphatic heterocycles. The molecule has 28 heavy (non-hydrogen) atoms. The van der Waals surface area contributed by atoms with Gasteiger partial charge in [0.15, 0.2) is 0 Å². The molecule has 0 unspecified atom stereocenters. The van der Waals surface area contributed by atoms with Crippen LogP contribution in [0.3, 0.4) is 0 Å². The monoisotopic (exact) mass is 404 g/mol. The predicted octanol–water partition coefficient (Wildman–Crippen LogP) is 3.55. The third-order valence-corrected chi connectivity index (χ3v) is 3.82. The number of halogens is 6. The van der Waals surface area contributed by atoms with Crippen LogP contribution in [0.15, 0.2) is 48.5 Å². The van der Waals surface area contributed by atoms with Crippen LogP contribution in [0.4, 0.5) is 26.3 Å². The summed E-state index contributed by atoms with van der Waals surface area (Å²) in [5, 5.41) is 2.20. The van der Waals surface area contributed by atoms with Crippen molar-refractivity contribution in [1.29, 1.82) is 0 Å². The molecule has 2 amide bonds. The Hall–Kier alpha value is -3.04. The van der Waals surface area contributed by atoms with Crippen molar-refractivity contribution in [2.24, 2.45) is 5.73 Å². The Balaban J connectivity index is 2.15. The fraction of sp³-hybridized carbons (Fsp3) is 0.222. The zero-order valence-corrected chi connectivity index (χ0v) is 14.1. The number of carbonyl (C=O) groups is 2. The fourth-order valence-electron chi connectivity index (χ4n) is 2.37. The van der Waals surface area contributed by atoms with E-state index in [1.165, 1.54) is 0 Å². The number of carbonyl (C=O) groups excluding carboxylic acids is 2. The van der Waals surface area contributed by atoms with Gasteiger partial charge in [-0.05, 0) is 35.9 Å². The largest absolute Gasteiger partial charge is 0.416 e. The van der Waals surface area contributed by atoms with Gasteiger partial charge in [0.05, 0.1) is 11.1 Å². The minimum absolute atomic E-state index is 0.224. The minimum Gasteiger partial charge on any atom is -0.368 e. The Bertz CT molecular complexity index is 860. The number of nitrogens with two attached hydrogens (primary N) is 1. The second kappa shape index (κ2) is 7.91. The molecule has 0 bridgehead atoms. The Labute approximate surface area is 155 Å². The van der Waals surface area contributed by atoms with E-state index in [1.54, 1.807) is 0 Å². The molecule has 1 atom stereocenters. The van der Waals surface area contributed by atoms with Crippen molar-refractivity contribution < 1.29 is 35.9 Å². The van der Waals surface area contributed by atoms with E-state index in [4.69, 9.17) is 5.73 Å². The molecule has 0 radical (unpaired) electrons. The number of hydrogen-bond donors (Lipinski definition) is 2. The summed E-state index contributed by atoms with van der Waals surface area (Å²) in [5.41, 5.74) is 3.20. The van der Waals surface area contributed by atoms with Gasteiger partial charge >= 0.3 is 12.4 Å². The highest BCUT2D eigenvalue weighted by molar-refractivity contribution is 5.97. The average molecular weight is 404 g/mol. The third kappa shape index (κ3) is 5.48. The highest BCUT2D eigenvalue weighted by atomic mass is 19.4. The van der Waals surface area contributed by atoms with Gasteiger partial charge in [-0.2, -0.15) is 26.3 Å². The first-order chi connectivity index (χ1) is 12.9. The van der Waals surface area contributed by atoms with E-state index in [2.05, 4.69) is 5.32 Å². The summed E-state index contributed by atoms with van der Waals surface area (Å²) in [5.74, 6) is -1.96.